The SMILES string of the molecule is COc1cc(NC(=O)Cc2cccs2)c(C(=O)OCC(=O)N[C@H]2CCCC[C@@H]2C)cc1OC. The van der Waals surface area contributed by atoms with Crippen LogP contribution in [-0.2, 0) is 20.7 Å². The molecule has 1 aliphatic rings. The van der Waals surface area contributed by atoms with Crippen LogP contribution in [0.2, 0.25) is 0 Å². The molecule has 2 N–H and O–H groups in total. The van der Waals surface area contributed by atoms with Gasteiger partial charge in [-0.2, -0.15) is 0 Å². The van der Waals surface area contributed by atoms with Crippen molar-refractivity contribution >= 4 is 34.8 Å². The largest absolute Gasteiger partial charge is 0.493 e. The first-order valence-electron chi connectivity index (χ1n) is 11.0. The van der Waals surface area contributed by atoms with Gasteiger partial charge in [0.05, 0.1) is 31.9 Å². The van der Waals surface area contributed by atoms with Gasteiger partial charge in [0, 0.05) is 23.1 Å². The lowest BCUT2D eigenvalue weighted by Crippen LogP contribution is -2.42. The number of nitrogens with one attached hydrogen (secondary N) is 2. The first kappa shape index (κ1) is 24.6. The molecule has 3 rings (SSSR count). The third-order valence-electron chi connectivity index (χ3n) is 5.72. The molecule has 2 aromatic rings. The van der Waals surface area contributed by atoms with Crippen molar-refractivity contribution in [2.24, 2.45) is 5.92 Å². The predicted octanol–water partition coefficient (Wildman–Crippen LogP) is 3.80. The fourth-order valence-electron chi connectivity index (χ4n) is 3.91. The van der Waals surface area contributed by atoms with Gasteiger partial charge < -0.3 is 24.8 Å². The van der Waals surface area contributed by atoms with Crippen molar-refractivity contribution in [3.63, 3.8) is 0 Å². The topological polar surface area (TPSA) is 103 Å². The number of carbonyl (C=O) groups is 3. The molecule has 2 amide bonds. The second-order valence-corrected chi connectivity index (χ2v) is 9.10. The Bertz CT molecular complexity index is 976. The van der Waals surface area contributed by atoms with Crippen molar-refractivity contribution in [2.45, 2.75) is 45.1 Å². The first-order chi connectivity index (χ1) is 15.9. The Balaban J connectivity index is 1.70. The number of esters is 1. The molecular formula is C24H30N2O6S. The highest BCUT2D eigenvalue weighted by molar-refractivity contribution is 7.10. The Morgan fingerprint density at radius 1 is 1.06 bits per heavy atom. The summed E-state index contributed by atoms with van der Waals surface area (Å²) in [4.78, 5) is 38.6. The van der Waals surface area contributed by atoms with Gasteiger partial charge in [-0.3, -0.25) is 9.59 Å². The summed E-state index contributed by atoms with van der Waals surface area (Å²) in [5.74, 6) is -0.317. The first-order valence-corrected chi connectivity index (χ1v) is 11.8. The molecule has 0 bridgehead atoms. The van der Waals surface area contributed by atoms with Crippen LogP contribution in [0.15, 0.2) is 29.6 Å². The molecule has 0 radical (unpaired) electrons. The zero-order valence-corrected chi connectivity index (χ0v) is 20.0. The average Bonchev–Trinajstić information content (AvgIpc) is 3.31. The van der Waals surface area contributed by atoms with Gasteiger partial charge in [-0.25, -0.2) is 4.79 Å². The van der Waals surface area contributed by atoms with Gasteiger partial charge in [0.25, 0.3) is 5.91 Å². The summed E-state index contributed by atoms with van der Waals surface area (Å²) in [5.41, 5.74) is 0.298. The number of hydrogen-bond acceptors (Lipinski definition) is 7. The smallest absolute Gasteiger partial charge is 0.340 e. The van der Waals surface area contributed by atoms with Gasteiger partial charge >= 0.3 is 5.97 Å². The van der Waals surface area contributed by atoms with E-state index in [1.54, 1.807) is 0 Å². The molecule has 0 spiro atoms. The molecule has 1 heterocycles. The molecule has 9 heteroatoms. The molecule has 8 nitrogen and oxygen atoms in total. The van der Waals surface area contributed by atoms with Gasteiger partial charge in [-0.1, -0.05) is 25.8 Å². The second kappa shape index (κ2) is 11.7. The molecular weight excluding hydrogens is 444 g/mol. The van der Waals surface area contributed by atoms with Gasteiger partial charge in [0.1, 0.15) is 0 Å². The number of benzene rings is 1. The van der Waals surface area contributed by atoms with Crippen molar-refractivity contribution in [3.05, 3.63) is 40.1 Å². The van der Waals surface area contributed by atoms with Crippen molar-refractivity contribution in [3.8, 4) is 11.5 Å². The van der Waals surface area contributed by atoms with Crippen molar-refractivity contribution in [2.75, 3.05) is 26.1 Å². The highest BCUT2D eigenvalue weighted by Gasteiger charge is 2.24. The van der Waals surface area contributed by atoms with Gasteiger partial charge in [0.15, 0.2) is 18.1 Å². The van der Waals surface area contributed by atoms with Crippen LogP contribution in [0.5, 0.6) is 11.5 Å². The normalized spacial score (nSPS) is 17.7. The Labute approximate surface area is 197 Å². The summed E-state index contributed by atoms with van der Waals surface area (Å²) in [6.07, 6.45) is 4.42. The number of hydrogen-bond donors (Lipinski definition) is 2. The number of thiophene rings is 1. The molecule has 1 aromatic carbocycles. The van der Waals surface area contributed by atoms with Crippen molar-refractivity contribution in [1.82, 2.24) is 5.32 Å². The number of ether oxygens (including phenoxy) is 3. The molecule has 0 unspecified atom stereocenters. The van der Waals surface area contributed by atoms with Crippen LogP contribution in [0.4, 0.5) is 5.69 Å². The lowest BCUT2D eigenvalue weighted by Gasteiger charge is -2.29. The Morgan fingerprint density at radius 2 is 1.79 bits per heavy atom. The average molecular weight is 475 g/mol. The highest BCUT2D eigenvalue weighted by atomic mass is 32.1. The van der Waals surface area contributed by atoms with Crippen LogP contribution in [0.25, 0.3) is 0 Å². The molecule has 0 saturated heterocycles. The van der Waals surface area contributed by atoms with Crippen LogP contribution in [0.1, 0.15) is 47.8 Å². The molecule has 0 aliphatic heterocycles. The number of amides is 2. The molecule has 1 aromatic heterocycles. The maximum atomic E-state index is 12.8. The predicted molar refractivity (Wildman–Crippen MR) is 126 cm³/mol. The van der Waals surface area contributed by atoms with Crippen molar-refractivity contribution in [1.29, 1.82) is 0 Å². The maximum Gasteiger partial charge on any atom is 0.340 e. The van der Waals surface area contributed by atoms with E-state index in [2.05, 4.69) is 17.6 Å². The Kier molecular flexibility index (Phi) is 8.71. The number of carbonyl (C=O) groups excluding carboxylic acids is 3. The van der Waals surface area contributed by atoms with Crippen LogP contribution < -0.4 is 20.1 Å². The van der Waals surface area contributed by atoms with E-state index >= 15 is 0 Å². The highest BCUT2D eigenvalue weighted by Crippen LogP contribution is 2.34. The second-order valence-electron chi connectivity index (χ2n) is 8.07. The van der Waals surface area contributed by atoms with E-state index in [1.165, 1.54) is 44.1 Å². The fraction of sp³-hybridized carbons (Fsp3) is 0.458. The number of rotatable bonds is 9. The summed E-state index contributed by atoms with van der Waals surface area (Å²) in [7, 11) is 2.91. The van der Waals surface area contributed by atoms with Gasteiger partial charge in [0.2, 0.25) is 5.91 Å². The standard InChI is InChI=1S/C24H30N2O6S/c1-15-7-4-5-9-18(15)25-23(28)14-32-24(29)17-12-20(30-2)21(31-3)13-19(17)26-22(27)11-16-8-6-10-33-16/h6,8,10,12-13,15,18H,4-5,7,9,11,14H2,1-3H3,(H,25,28)(H,26,27)/t15-,18-/m0/s1. The minimum atomic E-state index is -0.741. The van der Waals surface area contributed by atoms with Gasteiger partial charge in [-0.15, -0.1) is 11.3 Å². The lowest BCUT2D eigenvalue weighted by atomic mass is 9.86. The quantitative estimate of drug-likeness (QED) is 0.536. The van der Waals surface area contributed by atoms with E-state index < -0.39 is 12.6 Å². The lowest BCUT2D eigenvalue weighted by molar-refractivity contribution is -0.125. The minimum Gasteiger partial charge on any atom is -0.493 e. The third kappa shape index (κ3) is 6.71. The van der Waals surface area contributed by atoms with Crippen molar-refractivity contribution < 1.29 is 28.6 Å². The van der Waals surface area contributed by atoms with Crippen LogP contribution in [0.3, 0.4) is 0 Å². The zero-order chi connectivity index (χ0) is 23.8. The number of anilines is 1. The van der Waals surface area contributed by atoms with E-state index in [-0.39, 0.29) is 35.5 Å². The Hall–Kier alpha value is -3.07. The molecule has 1 fully saturated rings. The zero-order valence-electron chi connectivity index (χ0n) is 19.1. The third-order valence-corrected chi connectivity index (χ3v) is 6.60. The summed E-state index contributed by atoms with van der Waals surface area (Å²) < 4.78 is 15.9. The summed E-state index contributed by atoms with van der Waals surface area (Å²) >= 11 is 1.47. The van der Waals surface area contributed by atoms with E-state index in [9.17, 15) is 14.4 Å². The van der Waals surface area contributed by atoms with Crippen LogP contribution in [-0.4, -0.2) is 44.7 Å². The van der Waals surface area contributed by atoms with Crippen LogP contribution >= 0.6 is 11.3 Å². The van der Waals surface area contributed by atoms with E-state index in [0.717, 1.165) is 24.1 Å². The summed E-state index contributed by atoms with van der Waals surface area (Å²) in [5, 5.41) is 7.59. The summed E-state index contributed by atoms with van der Waals surface area (Å²) in [6.45, 7) is 1.71. The Morgan fingerprint density at radius 3 is 2.45 bits per heavy atom. The number of methoxy groups -OCH3 is 2. The molecule has 1 saturated carbocycles. The monoisotopic (exact) mass is 474 g/mol. The van der Waals surface area contributed by atoms with E-state index in [0.29, 0.717) is 17.4 Å². The maximum absolute atomic E-state index is 12.8. The molecule has 178 valence electrons. The van der Waals surface area contributed by atoms with E-state index in [4.69, 9.17) is 14.2 Å². The van der Waals surface area contributed by atoms with Crippen LogP contribution in [0, 0.1) is 5.92 Å². The molecule has 1 aliphatic carbocycles. The molecule has 2 atom stereocenters. The molecule has 33 heavy (non-hydrogen) atoms. The minimum absolute atomic E-state index is 0.0750. The van der Waals surface area contributed by atoms with E-state index in [1.807, 2.05) is 17.5 Å². The van der Waals surface area contributed by atoms with Gasteiger partial charge in [-0.05, 0) is 30.2 Å². The fourth-order valence-corrected chi connectivity index (χ4v) is 4.61. The summed E-state index contributed by atoms with van der Waals surface area (Å²) in [6, 6.07) is 6.76.